The van der Waals surface area contributed by atoms with Crippen LogP contribution >= 0.6 is 15.9 Å². The number of aryl methyl sites for hydroxylation is 1. The molecule has 0 saturated heterocycles. The van der Waals surface area contributed by atoms with E-state index in [0.717, 1.165) is 15.9 Å². The molecule has 0 amide bonds. The second kappa shape index (κ2) is 4.29. The fourth-order valence-electron chi connectivity index (χ4n) is 0.882. The summed E-state index contributed by atoms with van der Waals surface area (Å²) in [6.07, 6.45) is 7.00. The molecule has 0 radical (unpaired) electrons. The van der Waals surface area contributed by atoms with Crippen LogP contribution in [0.3, 0.4) is 0 Å². The second-order valence-corrected chi connectivity index (χ2v) is 3.71. The lowest BCUT2D eigenvalue weighted by atomic mass is 10.3. The van der Waals surface area contributed by atoms with E-state index < -0.39 is 0 Å². The lowest BCUT2D eigenvalue weighted by Gasteiger charge is -2.08. The van der Waals surface area contributed by atoms with Gasteiger partial charge in [0.05, 0.1) is 6.04 Å². The van der Waals surface area contributed by atoms with Gasteiger partial charge in [-0.3, -0.25) is 0 Å². The Hall–Kier alpha value is -1.01. The molecule has 1 aromatic rings. The minimum atomic E-state index is 0.00748. The molecule has 0 aliphatic rings. The highest BCUT2D eigenvalue weighted by molar-refractivity contribution is 9.10. The van der Waals surface area contributed by atoms with Crippen LogP contribution in [-0.4, -0.2) is 11.0 Å². The third-order valence-corrected chi connectivity index (χ3v) is 2.49. The summed E-state index contributed by atoms with van der Waals surface area (Å²) in [6.45, 7) is 3.93. The number of nitrogens with one attached hydrogen (secondary N) is 1. The predicted octanol–water partition coefficient (Wildman–Crippen LogP) is 2.59. The smallest absolute Gasteiger partial charge is 0.127 e. The van der Waals surface area contributed by atoms with Crippen LogP contribution in [0.5, 0.6) is 0 Å². The van der Waals surface area contributed by atoms with Crippen LogP contribution < -0.4 is 5.32 Å². The van der Waals surface area contributed by atoms with E-state index >= 15 is 0 Å². The first-order chi connectivity index (χ1) is 6.13. The molecule has 0 saturated carbocycles. The molecule has 1 N–H and O–H groups in total. The van der Waals surface area contributed by atoms with Gasteiger partial charge in [0.2, 0.25) is 0 Å². The van der Waals surface area contributed by atoms with Crippen molar-refractivity contribution in [2.45, 2.75) is 19.9 Å². The van der Waals surface area contributed by atoms with Crippen LogP contribution in [0, 0.1) is 19.3 Å². The average molecular weight is 239 g/mol. The lowest BCUT2D eigenvalue weighted by molar-refractivity contribution is 1.01. The zero-order chi connectivity index (χ0) is 9.84. The Morgan fingerprint density at radius 3 is 2.92 bits per heavy atom. The molecule has 3 heteroatoms. The molecule has 0 aliphatic heterocycles. The Morgan fingerprint density at radius 2 is 2.38 bits per heavy atom. The first-order valence-electron chi connectivity index (χ1n) is 3.98. The van der Waals surface area contributed by atoms with Crippen LogP contribution in [0.15, 0.2) is 16.7 Å². The maximum Gasteiger partial charge on any atom is 0.127 e. The molecule has 0 spiro atoms. The number of terminal acetylenes is 1. The van der Waals surface area contributed by atoms with Crippen molar-refractivity contribution < 1.29 is 0 Å². The van der Waals surface area contributed by atoms with Crippen molar-refractivity contribution in [1.82, 2.24) is 4.98 Å². The first-order valence-corrected chi connectivity index (χ1v) is 4.77. The summed E-state index contributed by atoms with van der Waals surface area (Å²) in [5.41, 5.74) is 1.14. The molecule has 0 aliphatic carbocycles. The van der Waals surface area contributed by atoms with Gasteiger partial charge in [-0.05, 0) is 41.4 Å². The van der Waals surface area contributed by atoms with Crippen LogP contribution in [0.1, 0.15) is 12.5 Å². The Morgan fingerprint density at radius 1 is 1.69 bits per heavy atom. The summed E-state index contributed by atoms with van der Waals surface area (Å²) >= 11 is 3.38. The van der Waals surface area contributed by atoms with E-state index in [2.05, 4.69) is 32.2 Å². The monoisotopic (exact) mass is 238 g/mol. The topological polar surface area (TPSA) is 24.9 Å². The number of hydrogen-bond donors (Lipinski definition) is 1. The van der Waals surface area contributed by atoms with Gasteiger partial charge in [0, 0.05) is 10.7 Å². The SMILES string of the molecule is C#CC(C)Nc1cc(C)c(Br)cn1. The fourth-order valence-corrected chi connectivity index (χ4v) is 1.10. The van der Waals surface area contributed by atoms with Crippen molar-refractivity contribution in [3.8, 4) is 12.3 Å². The minimum absolute atomic E-state index is 0.00748. The second-order valence-electron chi connectivity index (χ2n) is 2.85. The van der Waals surface area contributed by atoms with Gasteiger partial charge in [0.25, 0.3) is 0 Å². The van der Waals surface area contributed by atoms with E-state index in [4.69, 9.17) is 6.42 Å². The molecule has 1 unspecified atom stereocenters. The van der Waals surface area contributed by atoms with Gasteiger partial charge in [0.15, 0.2) is 0 Å². The van der Waals surface area contributed by atoms with E-state index in [0.29, 0.717) is 0 Å². The third-order valence-electron chi connectivity index (χ3n) is 1.66. The van der Waals surface area contributed by atoms with Crippen LogP contribution in [0.4, 0.5) is 5.82 Å². The van der Waals surface area contributed by atoms with Crippen molar-refractivity contribution in [3.05, 3.63) is 22.3 Å². The van der Waals surface area contributed by atoms with Gasteiger partial charge < -0.3 is 5.32 Å². The zero-order valence-electron chi connectivity index (χ0n) is 7.63. The van der Waals surface area contributed by atoms with E-state index in [-0.39, 0.29) is 6.04 Å². The van der Waals surface area contributed by atoms with Gasteiger partial charge in [0.1, 0.15) is 5.82 Å². The van der Waals surface area contributed by atoms with Crippen molar-refractivity contribution in [2.24, 2.45) is 0 Å². The summed E-state index contributed by atoms with van der Waals surface area (Å²) < 4.78 is 1.01. The number of pyridine rings is 1. The van der Waals surface area contributed by atoms with Gasteiger partial charge >= 0.3 is 0 Å². The molecule has 13 heavy (non-hydrogen) atoms. The number of nitrogens with zero attached hydrogens (tertiary/aromatic N) is 1. The Labute approximate surface area is 86.9 Å². The average Bonchev–Trinajstić information content (AvgIpc) is 2.11. The van der Waals surface area contributed by atoms with E-state index in [1.165, 1.54) is 0 Å². The highest BCUT2D eigenvalue weighted by Gasteiger charge is 2.00. The molecular formula is C10H11BrN2. The molecule has 0 fully saturated rings. The first kappa shape index (κ1) is 10.1. The summed E-state index contributed by atoms with van der Waals surface area (Å²) in [7, 11) is 0. The van der Waals surface area contributed by atoms with Gasteiger partial charge in [-0.2, -0.15) is 0 Å². The largest absolute Gasteiger partial charge is 0.357 e. The predicted molar refractivity (Wildman–Crippen MR) is 58.6 cm³/mol. The van der Waals surface area contributed by atoms with Crippen LogP contribution in [0.25, 0.3) is 0 Å². The Bertz CT molecular complexity index is 341. The van der Waals surface area contributed by atoms with Crippen molar-refractivity contribution in [2.75, 3.05) is 5.32 Å². The highest BCUT2D eigenvalue weighted by atomic mass is 79.9. The van der Waals surface area contributed by atoms with E-state index in [9.17, 15) is 0 Å². The van der Waals surface area contributed by atoms with Gasteiger partial charge in [-0.25, -0.2) is 4.98 Å². The molecule has 2 nitrogen and oxygen atoms in total. The van der Waals surface area contributed by atoms with Gasteiger partial charge in [-0.1, -0.05) is 5.92 Å². The number of halogens is 1. The normalized spacial score (nSPS) is 11.8. The molecule has 1 atom stereocenters. The molecule has 1 rings (SSSR count). The lowest BCUT2D eigenvalue weighted by Crippen LogP contribution is -2.13. The molecule has 68 valence electrons. The summed E-state index contributed by atoms with van der Waals surface area (Å²) in [4.78, 5) is 4.17. The van der Waals surface area contributed by atoms with E-state index in [1.807, 2.05) is 19.9 Å². The number of aromatic nitrogens is 1. The van der Waals surface area contributed by atoms with Crippen molar-refractivity contribution in [3.63, 3.8) is 0 Å². The maximum atomic E-state index is 5.24. The molecule has 0 aromatic carbocycles. The summed E-state index contributed by atoms with van der Waals surface area (Å²) in [6, 6.07) is 1.96. The van der Waals surface area contributed by atoms with Crippen molar-refractivity contribution in [1.29, 1.82) is 0 Å². The third kappa shape index (κ3) is 2.74. The Balaban J connectivity index is 2.81. The standard InChI is InChI=1S/C10H11BrN2/c1-4-8(3)13-10-5-7(2)9(11)6-12-10/h1,5-6,8H,2-3H3,(H,12,13). The zero-order valence-corrected chi connectivity index (χ0v) is 9.22. The molecule has 1 aromatic heterocycles. The summed E-state index contributed by atoms with van der Waals surface area (Å²) in [5, 5.41) is 3.09. The van der Waals surface area contributed by atoms with Gasteiger partial charge in [-0.15, -0.1) is 6.42 Å². The Kier molecular flexibility index (Phi) is 3.32. The number of anilines is 1. The summed E-state index contributed by atoms with van der Waals surface area (Å²) in [5.74, 6) is 3.40. The molecule has 0 bridgehead atoms. The quantitative estimate of drug-likeness (QED) is 0.802. The van der Waals surface area contributed by atoms with Crippen LogP contribution in [-0.2, 0) is 0 Å². The van der Waals surface area contributed by atoms with Crippen molar-refractivity contribution >= 4 is 21.7 Å². The number of rotatable bonds is 2. The van der Waals surface area contributed by atoms with E-state index in [1.54, 1.807) is 6.20 Å². The maximum absolute atomic E-state index is 5.24. The molecular weight excluding hydrogens is 228 g/mol. The van der Waals surface area contributed by atoms with Crippen LogP contribution in [0.2, 0.25) is 0 Å². The minimum Gasteiger partial charge on any atom is -0.357 e. The molecule has 1 heterocycles. The highest BCUT2D eigenvalue weighted by Crippen LogP contribution is 2.17. The fraction of sp³-hybridized carbons (Fsp3) is 0.300. The number of hydrogen-bond acceptors (Lipinski definition) is 2.